The van der Waals surface area contributed by atoms with Crippen molar-refractivity contribution < 1.29 is 22.7 Å². The highest BCUT2D eigenvalue weighted by atomic mass is 32.2. The van der Waals surface area contributed by atoms with Gasteiger partial charge in [-0.3, -0.25) is 0 Å². The van der Waals surface area contributed by atoms with E-state index in [2.05, 4.69) is 4.74 Å². The van der Waals surface area contributed by atoms with Crippen LogP contribution in [0, 0.1) is 0 Å². The summed E-state index contributed by atoms with van der Waals surface area (Å²) >= 11 is 0. The van der Waals surface area contributed by atoms with Crippen molar-refractivity contribution in [1.29, 1.82) is 0 Å². The number of anilines is 1. The topological polar surface area (TPSA) is 95.7 Å². The zero-order valence-electron chi connectivity index (χ0n) is 10.2. The van der Waals surface area contributed by atoms with E-state index >= 15 is 0 Å². The molecule has 0 bridgehead atoms. The van der Waals surface area contributed by atoms with Crippen LogP contribution in [0.5, 0.6) is 5.75 Å². The van der Waals surface area contributed by atoms with Crippen molar-refractivity contribution in [3.8, 4) is 5.75 Å². The summed E-state index contributed by atoms with van der Waals surface area (Å²) in [6.45, 7) is -0.0493. The first-order chi connectivity index (χ1) is 8.35. The van der Waals surface area contributed by atoms with Gasteiger partial charge in [0, 0.05) is 11.9 Å². The summed E-state index contributed by atoms with van der Waals surface area (Å²) < 4.78 is 31.8. The van der Waals surface area contributed by atoms with Crippen molar-refractivity contribution in [3.63, 3.8) is 0 Å². The molecule has 0 fully saturated rings. The molecule has 7 heteroatoms. The monoisotopic (exact) mass is 273 g/mol. The van der Waals surface area contributed by atoms with Crippen molar-refractivity contribution >= 4 is 21.5 Å². The molecule has 0 aliphatic heterocycles. The zero-order valence-corrected chi connectivity index (χ0v) is 11.0. The molecule has 0 amide bonds. The molecule has 0 saturated carbocycles. The number of rotatable bonds is 5. The zero-order chi connectivity index (χ0) is 13.8. The molecule has 1 aromatic carbocycles. The quantitative estimate of drug-likeness (QED) is 0.619. The Morgan fingerprint density at radius 1 is 1.39 bits per heavy atom. The maximum Gasteiger partial charge on any atom is 0.343 e. The molecule has 1 rings (SSSR count). The number of esters is 1. The predicted molar refractivity (Wildman–Crippen MR) is 67.4 cm³/mol. The lowest BCUT2D eigenvalue weighted by molar-refractivity contribution is 0.0597. The van der Waals surface area contributed by atoms with E-state index in [-0.39, 0.29) is 29.4 Å². The third kappa shape index (κ3) is 3.92. The Hall–Kier alpha value is -1.76. The minimum atomic E-state index is -3.12. The lowest BCUT2D eigenvalue weighted by Gasteiger charge is -2.11. The van der Waals surface area contributed by atoms with E-state index in [1.165, 1.54) is 19.2 Å². The molecule has 0 aliphatic rings. The highest BCUT2D eigenvalue weighted by Gasteiger charge is 2.17. The fourth-order valence-corrected chi connectivity index (χ4v) is 1.68. The average molecular weight is 273 g/mol. The number of methoxy groups -OCH3 is 1. The van der Waals surface area contributed by atoms with Gasteiger partial charge >= 0.3 is 5.97 Å². The minimum Gasteiger partial charge on any atom is -0.492 e. The first-order valence-corrected chi connectivity index (χ1v) is 7.18. The Morgan fingerprint density at radius 2 is 2.06 bits per heavy atom. The van der Waals surface area contributed by atoms with Crippen molar-refractivity contribution in [2.75, 3.05) is 31.5 Å². The maximum absolute atomic E-state index is 11.5. The number of benzene rings is 1. The van der Waals surface area contributed by atoms with Gasteiger partial charge in [-0.2, -0.15) is 0 Å². The van der Waals surface area contributed by atoms with Crippen LogP contribution in [0.3, 0.4) is 0 Å². The summed E-state index contributed by atoms with van der Waals surface area (Å²) in [6.07, 6.45) is 1.11. The highest BCUT2D eigenvalue weighted by Crippen LogP contribution is 2.25. The molecule has 0 spiro atoms. The smallest absolute Gasteiger partial charge is 0.343 e. The van der Waals surface area contributed by atoms with E-state index in [0.29, 0.717) is 0 Å². The third-order valence-electron chi connectivity index (χ3n) is 2.16. The average Bonchev–Trinajstić information content (AvgIpc) is 2.26. The third-order valence-corrected chi connectivity index (χ3v) is 3.07. The number of ether oxygens (including phenoxy) is 2. The number of nitrogens with two attached hydrogens (primary N) is 1. The number of hydrogen-bond donors (Lipinski definition) is 1. The normalized spacial score (nSPS) is 11.0. The van der Waals surface area contributed by atoms with Gasteiger partial charge in [-0.1, -0.05) is 6.07 Å². The number of sulfone groups is 1. The molecule has 0 unspecified atom stereocenters. The second-order valence-electron chi connectivity index (χ2n) is 3.69. The first-order valence-electron chi connectivity index (χ1n) is 5.12. The molecule has 18 heavy (non-hydrogen) atoms. The molecular weight excluding hydrogens is 258 g/mol. The Labute approximate surface area is 106 Å². The molecule has 6 nitrogen and oxygen atoms in total. The number of hydrogen-bond acceptors (Lipinski definition) is 6. The fraction of sp³-hybridized carbons (Fsp3) is 0.364. The van der Waals surface area contributed by atoms with Crippen LogP contribution in [-0.2, 0) is 14.6 Å². The molecule has 0 radical (unpaired) electrons. The summed E-state index contributed by atoms with van der Waals surface area (Å²) in [5.74, 6) is -0.546. The van der Waals surface area contributed by atoms with Crippen LogP contribution in [0.15, 0.2) is 18.2 Å². The van der Waals surface area contributed by atoms with Crippen LogP contribution < -0.4 is 10.5 Å². The van der Waals surface area contributed by atoms with Gasteiger partial charge in [-0.15, -0.1) is 0 Å². The van der Waals surface area contributed by atoms with Crippen LogP contribution in [0.25, 0.3) is 0 Å². The Bertz CT molecular complexity index is 538. The predicted octanol–water partition coefficient (Wildman–Crippen LogP) is 0.479. The van der Waals surface area contributed by atoms with Gasteiger partial charge in [0.05, 0.1) is 12.9 Å². The van der Waals surface area contributed by atoms with E-state index < -0.39 is 15.8 Å². The summed E-state index contributed by atoms with van der Waals surface area (Å²) in [6, 6.07) is 4.68. The van der Waals surface area contributed by atoms with E-state index in [0.717, 1.165) is 6.26 Å². The highest BCUT2D eigenvalue weighted by molar-refractivity contribution is 7.90. The molecule has 2 N–H and O–H groups in total. The van der Waals surface area contributed by atoms with Crippen LogP contribution in [0.1, 0.15) is 10.4 Å². The largest absolute Gasteiger partial charge is 0.492 e. The van der Waals surface area contributed by atoms with Crippen molar-refractivity contribution in [2.24, 2.45) is 0 Å². The van der Waals surface area contributed by atoms with Gasteiger partial charge < -0.3 is 15.2 Å². The number of carbonyl (C=O) groups is 1. The van der Waals surface area contributed by atoms with Gasteiger partial charge in [-0.05, 0) is 12.1 Å². The number of carbonyl (C=O) groups excluding carboxylic acids is 1. The molecule has 0 aliphatic carbocycles. The molecular formula is C11H15NO5S. The molecule has 0 aromatic heterocycles. The van der Waals surface area contributed by atoms with E-state index in [1.807, 2.05) is 0 Å². The SMILES string of the molecule is COC(=O)c1c(N)cccc1OCCS(C)(=O)=O. The lowest BCUT2D eigenvalue weighted by atomic mass is 10.1. The van der Waals surface area contributed by atoms with Crippen LogP contribution in [0.2, 0.25) is 0 Å². The van der Waals surface area contributed by atoms with Gasteiger partial charge in [-0.25, -0.2) is 13.2 Å². The Kier molecular flexibility index (Phi) is 4.55. The van der Waals surface area contributed by atoms with Gasteiger partial charge in [0.1, 0.15) is 17.9 Å². The molecule has 0 heterocycles. The van der Waals surface area contributed by atoms with Crippen LogP contribution >= 0.6 is 0 Å². The first kappa shape index (κ1) is 14.3. The van der Waals surface area contributed by atoms with Crippen molar-refractivity contribution in [1.82, 2.24) is 0 Å². The number of nitrogen functional groups attached to an aromatic ring is 1. The Morgan fingerprint density at radius 3 is 2.61 bits per heavy atom. The van der Waals surface area contributed by atoms with E-state index in [4.69, 9.17) is 10.5 Å². The van der Waals surface area contributed by atoms with Gasteiger partial charge in [0.2, 0.25) is 0 Å². The maximum atomic E-state index is 11.5. The second kappa shape index (κ2) is 5.72. The fourth-order valence-electron chi connectivity index (χ4n) is 1.29. The molecule has 100 valence electrons. The summed E-state index contributed by atoms with van der Waals surface area (Å²) in [5.41, 5.74) is 5.98. The van der Waals surface area contributed by atoms with Gasteiger partial charge in [0.15, 0.2) is 9.84 Å². The Balaban J connectivity index is 2.89. The summed E-state index contributed by atoms with van der Waals surface area (Å²) in [7, 11) is -1.88. The standard InChI is InChI=1S/C11H15NO5S/c1-16-11(13)10-8(12)4-3-5-9(10)17-6-7-18(2,14)15/h3-5H,6-7,12H2,1-2H3. The summed E-state index contributed by atoms with van der Waals surface area (Å²) in [5, 5.41) is 0. The van der Waals surface area contributed by atoms with E-state index in [9.17, 15) is 13.2 Å². The van der Waals surface area contributed by atoms with Gasteiger partial charge in [0.25, 0.3) is 0 Å². The molecule has 1 aromatic rings. The van der Waals surface area contributed by atoms with Crippen LogP contribution in [0.4, 0.5) is 5.69 Å². The lowest BCUT2D eigenvalue weighted by Crippen LogP contribution is -2.15. The van der Waals surface area contributed by atoms with E-state index in [1.54, 1.807) is 6.07 Å². The second-order valence-corrected chi connectivity index (χ2v) is 5.95. The molecule has 0 saturated heterocycles. The minimum absolute atomic E-state index is 0.0493. The van der Waals surface area contributed by atoms with Crippen LogP contribution in [-0.4, -0.2) is 40.1 Å². The summed E-state index contributed by atoms with van der Waals surface area (Å²) in [4.78, 5) is 11.5. The molecule has 0 atom stereocenters. The van der Waals surface area contributed by atoms with Crippen molar-refractivity contribution in [3.05, 3.63) is 23.8 Å². The van der Waals surface area contributed by atoms with Crippen molar-refractivity contribution in [2.45, 2.75) is 0 Å².